The minimum absolute atomic E-state index is 0.307. The first kappa shape index (κ1) is 11.4. The van der Waals surface area contributed by atoms with E-state index in [-0.39, 0.29) is 0 Å². The van der Waals surface area contributed by atoms with Crippen LogP contribution in [0.25, 0.3) is 0 Å². The minimum Gasteiger partial charge on any atom is -0.490 e. The van der Waals surface area contributed by atoms with Gasteiger partial charge in [-0.2, -0.15) is 0 Å². The van der Waals surface area contributed by atoms with Crippen LogP contribution in [-0.2, 0) is 16.1 Å². The molecule has 3 heteroatoms. The summed E-state index contributed by atoms with van der Waals surface area (Å²) in [6, 6.07) is 8.09. The fourth-order valence-electron chi connectivity index (χ4n) is 1.82. The van der Waals surface area contributed by atoms with Gasteiger partial charge in [0.2, 0.25) is 0 Å². The van der Waals surface area contributed by atoms with Gasteiger partial charge in [-0.1, -0.05) is 12.1 Å². The number of methoxy groups -OCH3 is 1. The largest absolute Gasteiger partial charge is 0.490 e. The molecule has 1 aliphatic rings. The molecule has 1 heterocycles. The van der Waals surface area contributed by atoms with Crippen LogP contribution in [0.4, 0.5) is 0 Å². The van der Waals surface area contributed by atoms with Crippen LogP contribution >= 0.6 is 0 Å². The molecule has 0 aliphatic carbocycles. The number of benzene rings is 1. The van der Waals surface area contributed by atoms with E-state index in [9.17, 15) is 0 Å². The van der Waals surface area contributed by atoms with E-state index in [1.807, 2.05) is 24.3 Å². The highest BCUT2D eigenvalue weighted by Gasteiger charge is 2.14. The Kier molecular flexibility index (Phi) is 4.19. The number of rotatable bonds is 4. The summed E-state index contributed by atoms with van der Waals surface area (Å²) < 4.78 is 16.2. The summed E-state index contributed by atoms with van der Waals surface area (Å²) in [5.74, 6) is 0.937. The van der Waals surface area contributed by atoms with Crippen LogP contribution in [0.15, 0.2) is 24.3 Å². The Labute approximate surface area is 96.3 Å². The second-order valence-corrected chi connectivity index (χ2v) is 4.01. The number of ether oxygens (including phenoxy) is 3. The van der Waals surface area contributed by atoms with Gasteiger partial charge in [0.15, 0.2) is 0 Å². The molecule has 0 aromatic heterocycles. The van der Waals surface area contributed by atoms with Crippen molar-refractivity contribution in [3.05, 3.63) is 29.8 Å². The van der Waals surface area contributed by atoms with E-state index in [1.54, 1.807) is 7.11 Å². The zero-order chi connectivity index (χ0) is 11.2. The standard InChI is InChI=1S/C13H18O3/c1-14-10-11-2-4-12(5-3-11)16-13-6-8-15-9-7-13/h2-5,13H,6-10H2,1H3. The third-order valence-corrected chi connectivity index (χ3v) is 2.71. The average Bonchev–Trinajstić information content (AvgIpc) is 2.33. The maximum atomic E-state index is 5.87. The Morgan fingerprint density at radius 2 is 1.88 bits per heavy atom. The summed E-state index contributed by atoms with van der Waals surface area (Å²) in [5.41, 5.74) is 1.17. The normalized spacial score (nSPS) is 17.3. The van der Waals surface area contributed by atoms with Crippen molar-refractivity contribution in [2.75, 3.05) is 20.3 Å². The molecule has 88 valence electrons. The molecule has 0 saturated carbocycles. The fraction of sp³-hybridized carbons (Fsp3) is 0.538. The molecule has 2 rings (SSSR count). The van der Waals surface area contributed by atoms with E-state index in [0.29, 0.717) is 12.7 Å². The van der Waals surface area contributed by atoms with E-state index in [4.69, 9.17) is 14.2 Å². The summed E-state index contributed by atoms with van der Waals surface area (Å²) in [6.07, 6.45) is 2.28. The summed E-state index contributed by atoms with van der Waals surface area (Å²) in [4.78, 5) is 0. The van der Waals surface area contributed by atoms with Gasteiger partial charge in [-0.05, 0) is 17.7 Å². The number of hydrogen-bond donors (Lipinski definition) is 0. The van der Waals surface area contributed by atoms with Gasteiger partial charge in [-0.15, -0.1) is 0 Å². The van der Waals surface area contributed by atoms with Crippen LogP contribution < -0.4 is 4.74 Å². The first-order valence-corrected chi connectivity index (χ1v) is 5.71. The molecule has 0 amide bonds. The monoisotopic (exact) mass is 222 g/mol. The second-order valence-electron chi connectivity index (χ2n) is 4.01. The van der Waals surface area contributed by atoms with Crippen LogP contribution in [0.5, 0.6) is 5.75 Å². The molecule has 0 radical (unpaired) electrons. The van der Waals surface area contributed by atoms with Crippen LogP contribution in [-0.4, -0.2) is 26.4 Å². The van der Waals surface area contributed by atoms with E-state index < -0.39 is 0 Å². The maximum absolute atomic E-state index is 5.87. The van der Waals surface area contributed by atoms with Crippen molar-refractivity contribution < 1.29 is 14.2 Å². The van der Waals surface area contributed by atoms with Crippen LogP contribution in [0.1, 0.15) is 18.4 Å². The highest BCUT2D eigenvalue weighted by molar-refractivity contribution is 5.27. The predicted octanol–water partition coefficient (Wildman–Crippen LogP) is 2.39. The Bertz CT molecular complexity index is 301. The highest BCUT2D eigenvalue weighted by Crippen LogP contribution is 2.18. The Morgan fingerprint density at radius 1 is 1.19 bits per heavy atom. The Balaban J connectivity index is 1.88. The zero-order valence-electron chi connectivity index (χ0n) is 9.65. The Hall–Kier alpha value is -1.06. The first-order chi connectivity index (χ1) is 7.88. The lowest BCUT2D eigenvalue weighted by atomic mass is 10.1. The topological polar surface area (TPSA) is 27.7 Å². The lowest BCUT2D eigenvalue weighted by Gasteiger charge is -2.23. The molecule has 1 fully saturated rings. The Morgan fingerprint density at radius 3 is 2.50 bits per heavy atom. The van der Waals surface area contributed by atoms with E-state index in [0.717, 1.165) is 31.8 Å². The lowest BCUT2D eigenvalue weighted by Crippen LogP contribution is -2.25. The molecule has 16 heavy (non-hydrogen) atoms. The quantitative estimate of drug-likeness (QED) is 0.783. The van der Waals surface area contributed by atoms with Gasteiger partial charge >= 0.3 is 0 Å². The SMILES string of the molecule is COCc1ccc(OC2CCOCC2)cc1. The van der Waals surface area contributed by atoms with Gasteiger partial charge in [0.1, 0.15) is 11.9 Å². The zero-order valence-corrected chi connectivity index (χ0v) is 9.65. The molecule has 1 aromatic rings. The molecule has 0 atom stereocenters. The van der Waals surface area contributed by atoms with E-state index in [2.05, 4.69) is 0 Å². The maximum Gasteiger partial charge on any atom is 0.119 e. The lowest BCUT2D eigenvalue weighted by molar-refractivity contribution is 0.0255. The van der Waals surface area contributed by atoms with Gasteiger partial charge in [-0.3, -0.25) is 0 Å². The van der Waals surface area contributed by atoms with Crippen molar-refractivity contribution in [2.45, 2.75) is 25.6 Å². The van der Waals surface area contributed by atoms with Gasteiger partial charge in [0.25, 0.3) is 0 Å². The third kappa shape index (κ3) is 3.22. The van der Waals surface area contributed by atoms with Gasteiger partial charge < -0.3 is 14.2 Å². The third-order valence-electron chi connectivity index (χ3n) is 2.71. The van der Waals surface area contributed by atoms with E-state index in [1.165, 1.54) is 5.56 Å². The minimum atomic E-state index is 0.307. The molecular formula is C13H18O3. The second kappa shape index (κ2) is 5.87. The van der Waals surface area contributed by atoms with Crippen LogP contribution in [0.3, 0.4) is 0 Å². The fourth-order valence-corrected chi connectivity index (χ4v) is 1.82. The summed E-state index contributed by atoms with van der Waals surface area (Å²) in [6.45, 7) is 2.27. The van der Waals surface area contributed by atoms with Crippen LogP contribution in [0, 0.1) is 0 Å². The molecule has 0 unspecified atom stereocenters. The molecule has 1 aromatic carbocycles. The molecule has 0 spiro atoms. The first-order valence-electron chi connectivity index (χ1n) is 5.71. The number of hydrogen-bond acceptors (Lipinski definition) is 3. The van der Waals surface area contributed by atoms with Crippen LogP contribution in [0.2, 0.25) is 0 Å². The van der Waals surface area contributed by atoms with Crippen molar-refractivity contribution >= 4 is 0 Å². The van der Waals surface area contributed by atoms with Gasteiger partial charge in [0.05, 0.1) is 19.8 Å². The van der Waals surface area contributed by atoms with Crippen molar-refractivity contribution in [1.29, 1.82) is 0 Å². The van der Waals surface area contributed by atoms with Crippen molar-refractivity contribution in [2.24, 2.45) is 0 Å². The molecule has 3 nitrogen and oxygen atoms in total. The van der Waals surface area contributed by atoms with Gasteiger partial charge in [-0.25, -0.2) is 0 Å². The summed E-state index contributed by atoms with van der Waals surface area (Å²) in [5, 5.41) is 0. The summed E-state index contributed by atoms with van der Waals surface area (Å²) >= 11 is 0. The van der Waals surface area contributed by atoms with Gasteiger partial charge in [0, 0.05) is 20.0 Å². The molecule has 1 aliphatic heterocycles. The smallest absolute Gasteiger partial charge is 0.119 e. The molecule has 0 bridgehead atoms. The summed E-state index contributed by atoms with van der Waals surface area (Å²) in [7, 11) is 1.70. The van der Waals surface area contributed by atoms with E-state index >= 15 is 0 Å². The van der Waals surface area contributed by atoms with Crippen molar-refractivity contribution in [3.63, 3.8) is 0 Å². The molecule has 1 saturated heterocycles. The van der Waals surface area contributed by atoms with Crippen molar-refractivity contribution in [3.8, 4) is 5.75 Å². The highest BCUT2D eigenvalue weighted by atomic mass is 16.5. The molecular weight excluding hydrogens is 204 g/mol. The predicted molar refractivity (Wildman–Crippen MR) is 61.6 cm³/mol. The molecule has 0 N–H and O–H groups in total. The van der Waals surface area contributed by atoms with Crippen molar-refractivity contribution in [1.82, 2.24) is 0 Å². The average molecular weight is 222 g/mol.